The molecule has 30 heavy (non-hydrogen) atoms. The minimum absolute atomic E-state index is 0.0305. The Morgan fingerprint density at radius 2 is 1.93 bits per heavy atom. The monoisotopic (exact) mass is 418 g/mol. The van der Waals surface area contributed by atoms with Crippen LogP contribution < -0.4 is 0 Å². The fraction of sp³-hybridized carbons (Fsp3) is 0.680. The number of allylic oxidation sites excluding steroid dienone is 3. The summed E-state index contributed by atoms with van der Waals surface area (Å²) in [5.74, 6) is -0.762. The van der Waals surface area contributed by atoms with Gasteiger partial charge in [-0.25, -0.2) is 9.59 Å². The van der Waals surface area contributed by atoms with Crippen LogP contribution in [-0.2, 0) is 14.3 Å². The summed E-state index contributed by atoms with van der Waals surface area (Å²) in [7, 11) is 0. The first-order chi connectivity index (χ1) is 14.0. The summed E-state index contributed by atoms with van der Waals surface area (Å²) >= 11 is 0. The summed E-state index contributed by atoms with van der Waals surface area (Å²) < 4.78 is 5.88. The number of carboxylic acids is 1. The summed E-state index contributed by atoms with van der Waals surface area (Å²) in [5, 5.41) is 19.5. The fourth-order valence-corrected chi connectivity index (χ4v) is 5.90. The third kappa shape index (κ3) is 4.72. The van der Waals surface area contributed by atoms with Crippen LogP contribution in [0.15, 0.2) is 35.5 Å². The first-order valence-electron chi connectivity index (χ1n) is 11.0. The normalized spacial score (nSPS) is 35.0. The smallest absolute Gasteiger partial charge is 0.333 e. The van der Waals surface area contributed by atoms with Gasteiger partial charge in [0.15, 0.2) is 0 Å². The van der Waals surface area contributed by atoms with Gasteiger partial charge in [0.25, 0.3) is 0 Å². The fourth-order valence-electron chi connectivity index (χ4n) is 5.90. The average molecular weight is 419 g/mol. The highest BCUT2D eigenvalue weighted by Crippen LogP contribution is 2.62. The number of ether oxygens (including phenoxy) is 1. The molecule has 0 saturated heterocycles. The summed E-state index contributed by atoms with van der Waals surface area (Å²) in [6.07, 6.45) is 7.69. The molecule has 0 bridgehead atoms. The highest BCUT2D eigenvalue weighted by molar-refractivity contribution is 5.87. The zero-order valence-corrected chi connectivity index (χ0v) is 19.2. The molecule has 5 heteroatoms. The van der Waals surface area contributed by atoms with E-state index in [2.05, 4.69) is 20.4 Å². The summed E-state index contributed by atoms with van der Waals surface area (Å²) in [5.41, 5.74) is 2.09. The number of esters is 1. The van der Waals surface area contributed by atoms with Crippen molar-refractivity contribution in [1.29, 1.82) is 0 Å². The van der Waals surface area contributed by atoms with Gasteiger partial charge in [0, 0.05) is 17.1 Å². The van der Waals surface area contributed by atoms with E-state index < -0.39 is 11.4 Å². The summed E-state index contributed by atoms with van der Waals surface area (Å²) in [6, 6.07) is 0. The van der Waals surface area contributed by atoms with Crippen molar-refractivity contribution in [2.75, 3.05) is 6.61 Å². The molecule has 2 N–H and O–H groups in total. The van der Waals surface area contributed by atoms with Gasteiger partial charge >= 0.3 is 11.9 Å². The molecule has 0 radical (unpaired) electrons. The van der Waals surface area contributed by atoms with Crippen LogP contribution >= 0.6 is 0 Å². The topological polar surface area (TPSA) is 83.8 Å². The number of fused-ring (bicyclic) bond motifs is 1. The van der Waals surface area contributed by atoms with Crippen molar-refractivity contribution in [2.24, 2.45) is 22.7 Å². The van der Waals surface area contributed by atoms with Crippen LogP contribution in [0.5, 0.6) is 0 Å². The molecule has 0 amide bonds. The molecule has 0 aromatic rings. The van der Waals surface area contributed by atoms with Crippen LogP contribution in [-0.4, -0.2) is 34.9 Å². The van der Waals surface area contributed by atoms with Gasteiger partial charge in [0.05, 0.1) is 6.61 Å². The standard InChI is InChI=1S/C25H38O5/c1-7-17(3)23(29)30-21-12-13-24(5)19(10-8-16(2)14-22(27)28)18(4)9-11-20(24)25(21,6)15-26/h7,14,19-21,26H,4,8-13,15H2,1-3,5-6H3,(H,27,28). The van der Waals surface area contributed by atoms with E-state index in [0.717, 1.165) is 31.3 Å². The van der Waals surface area contributed by atoms with Crippen molar-refractivity contribution < 1.29 is 24.5 Å². The molecular weight excluding hydrogens is 380 g/mol. The maximum Gasteiger partial charge on any atom is 0.333 e. The second-order valence-corrected chi connectivity index (χ2v) is 9.74. The van der Waals surface area contributed by atoms with Crippen LogP contribution in [0.1, 0.15) is 73.1 Å². The number of aliphatic hydroxyl groups is 1. The number of carboxylic acid groups (broad SMARTS) is 1. The Morgan fingerprint density at radius 1 is 1.27 bits per heavy atom. The van der Waals surface area contributed by atoms with E-state index in [1.54, 1.807) is 13.0 Å². The molecule has 2 saturated carbocycles. The molecule has 5 nitrogen and oxygen atoms in total. The van der Waals surface area contributed by atoms with Crippen molar-refractivity contribution in [2.45, 2.75) is 79.2 Å². The first kappa shape index (κ1) is 24.4. The highest BCUT2D eigenvalue weighted by atomic mass is 16.5. The number of aliphatic carboxylic acids is 1. The Hall–Kier alpha value is -1.88. The molecule has 0 aromatic carbocycles. The molecule has 0 aromatic heterocycles. The number of hydrogen-bond donors (Lipinski definition) is 2. The lowest BCUT2D eigenvalue weighted by Gasteiger charge is -2.60. The molecule has 5 unspecified atom stereocenters. The number of carbonyl (C=O) groups is 2. The van der Waals surface area contributed by atoms with Crippen LogP contribution in [0.4, 0.5) is 0 Å². The number of rotatable bonds is 7. The molecule has 168 valence electrons. The molecule has 0 aliphatic heterocycles. The second kappa shape index (κ2) is 9.51. The minimum Gasteiger partial charge on any atom is -0.478 e. The van der Waals surface area contributed by atoms with Gasteiger partial charge in [-0.05, 0) is 76.5 Å². The van der Waals surface area contributed by atoms with Crippen molar-refractivity contribution in [1.82, 2.24) is 0 Å². The molecule has 2 rings (SSSR count). The predicted molar refractivity (Wildman–Crippen MR) is 118 cm³/mol. The van der Waals surface area contributed by atoms with E-state index in [1.165, 1.54) is 11.6 Å². The van der Waals surface area contributed by atoms with Gasteiger partial charge in [0.2, 0.25) is 0 Å². The molecule has 0 heterocycles. The van der Waals surface area contributed by atoms with E-state index in [9.17, 15) is 14.7 Å². The van der Waals surface area contributed by atoms with E-state index in [0.29, 0.717) is 18.4 Å². The largest absolute Gasteiger partial charge is 0.478 e. The van der Waals surface area contributed by atoms with E-state index >= 15 is 0 Å². The first-order valence-corrected chi connectivity index (χ1v) is 11.0. The molecule has 5 atom stereocenters. The van der Waals surface area contributed by atoms with Gasteiger partial charge < -0.3 is 14.9 Å². The lowest BCUT2D eigenvalue weighted by molar-refractivity contribution is -0.184. The van der Waals surface area contributed by atoms with Crippen LogP contribution in [0.2, 0.25) is 0 Å². The quantitative estimate of drug-likeness (QED) is 0.343. The molecule has 2 fully saturated rings. The van der Waals surface area contributed by atoms with Crippen molar-refractivity contribution in [3.63, 3.8) is 0 Å². The minimum atomic E-state index is -0.911. The maximum atomic E-state index is 12.4. The summed E-state index contributed by atoms with van der Waals surface area (Å²) in [6.45, 7) is 14.1. The molecule has 2 aliphatic rings. The van der Waals surface area contributed by atoms with E-state index in [1.807, 2.05) is 13.8 Å². The maximum absolute atomic E-state index is 12.4. The van der Waals surface area contributed by atoms with Crippen molar-refractivity contribution in [3.8, 4) is 0 Å². The number of hydrogen-bond acceptors (Lipinski definition) is 4. The van der Waals surface area contributed by atoms with Crippen molar-refractivity contribution in [3.05, 3.63) is 35.5 Å². The predicted octanol–water partition coefficient (Wildman–Crippen LogP) is 5.06. The Kier molecular flexibility index (Phi) is 7.73. The molecule has 0 spiro atoms. The third-order valence-electron chi connectivity index (χ3n) is 7.86. The van der Waals surface area contributed by atoms with Gasteiger partial charge in [-0.2, -0.15) is 0 Å². The third-order valence-corrected chi connectivity index (χ3v) is 7.86. The Morgan fingerprint density at radius 3 is 2.50 bits per heavy atom. The van der Waals surface area contributed by atoms with Crippen LogP contribution in [0.3, 0.4) is 0 Å². The number of carbonyl (C=O) groups excluding carboxylic acids is 1. The van der Waals surface area contributed by atoms with Crippen LogP contribution in [0, 0.1) is 22.7 Å². The molecule has 2 aliphatic carbocycles. The lowest BCUT2D eigenvalue weighted by atomic mass is 9.46. The van der Waals surface area contributed by atoms with Crippen LogP contribution in [0.25, 0.3) is 0 Å². The van der Waals surface area contributed by atoms with Crippen molar-refractivity contribution >= 4 is 11.9 Å². The second-order valence-electron chi connectivity index (χ2n) is 9.74. The average Bonchev–Trinajstić information content (AvgIpc) is 2.68. The zero-order chi connectivity index (χ0) is 22.7. The molecular formula is C25H38O5. The van der Waals surface area contributed by atoms with E-state index in [4.69, 9.17) is 9.84 Å². The zero-order valence-electron chi connectivity index (χ0n) is 19.2. The van der Waals surface area contributed by atoms with Gasteiger partial charge in [0.1, 0.15) is 6.10 Å². The van der Waals surface area contributed by atoms with Gasteiger partial charge in [-0.15, -0.1) is 0 Å². The lowest BCUT2D eigenvalue weighted by Crippen LogP contribution is -2.58. The Labute approximate surface area is 180 Å². The highest BCUT2D eigenvalue weighted by Gasteiger charge is 2.58. The summed E-state index contributed by atoms with van der Waals surface area (Å²) in [4.78, 5) is 23.4. The number of aliphatic hydroxyl groups excluding tert-OH is 1. The Balaban J connectivity index is 2.28. The van der Waals surface area contributed by atoms with Gasteiger partial charge in [-0.1, -0.05) is 37.6 Å². The van der Waals surface area contributed by atoms with Gasteiger partial charge in [-0.3, -0.25) is 0 Å². The Bertz CT molecular complexity index is 749. The SMILES string of the molecule is C=C1CCC2C(C)(CO)C(OC(=O)C(C)=CC)CCC2(C)C1CCC(C)=CC(=O)O. The van der Waals surface area contributed by atoms with E-state index in [-0.39, 0.29) is 35.9 Å².